The molecule has 0 atom stereocenters. The predicted molar refractivity (Wildman–Crippen MR) is 51.1 cm³/mol. The lowest BCUT2D eigenvalue weighted by Crippen LogP contribution is -2.29. The number of aliphatic imine (C=N–C) groups is 1. The molecule has 0 heterocycles. The average molecular weight is 187 g/mol. The van der Waals surface area contributed by atoms with Crippen molar-refractivity contribution in [2.24, 2.45) is 10.8 Å². The van der Waals surface area contributed by atoms with Crippen molar-refractivity contribution >= 4 is 11.8 Å². The molecular weight excluding hydrogens is 170 g/mol. The molecule has 76 valence electrons. The van der Waals surface area contributed by atoms with Gasteiger partial charge in [-0.2, -0.15) is 0 Å². The second kappa shape index (κ2) is 4.81. The Balaban J connectivity index is 3.90. The van der Waals surface area contributed by atoms with Crippen LogP contribution in [0, 0.1) is 0 Å². The van der Waals surface area contributed by atoms with Crippen LogP contribution < -0.4 is 11.3 Å². The van der Waals surface area contributed by atoms with Crippen molar-refractivity contribution in [3.63, 3.8) is 0 Å². The number of rotatable bonds is 2. The van der Waals surface area contributed by atoms with Gasteiger partial charge in [-0.25, -0.2) is 5.84 Å². The molecule has 0 saturated carbocycles. The summed E-state index contributed by atoms with van der Waals surface area (Å²) in [7, 11) is 0. The lowest BCUT2D eigenvalue weighted by atomic mass is 10.2. The van der Waals surface area contributed by atoms with Crippen LogP contribution >= 0.6 is 0 Å². The lowest BCUT2D eigenvalue weighted by Gasteiger charge is -2.18. The smallest absolute Gasteiger partial charge is 0.328 e. The molecule has 0 aliphatic heterocycles. The Bertz CT molecular complexity index is 206. The fourth-order valence-electron chi connectivity index (χ4n) is 0.603. The zero-order valence-electron chi connectivity index (χ0n) is 8.55. The molecule has 0 radical (unpaired) electrons. The van der Waals surface area contributed by atoms with E-state index in [0.717, 1.165) is 0 Å². The number of nitrogens with two attached hydrogens (primary N) is 1. The molecule has 0 spiro atoms. The maximum absolute atomic E-state index is 11.1. The average Bonchev–Trinajstić information content (AvgIpc) is 1.97. The molecule has 3 N–H and O–H groups in total. The van der Waals surface area contributed by atoms with Crippen LogP contribution in [0.2, 0.25) is 0 Å². The van der Waals surface area contributed by atoms with Crippen LogP contribution in [0.3, 0.4) is 0 Å². The zero-order chi connectivity index (χ0) is 10.5. The largest absolute Gasteiger partial charge is 0.459 e. The zero-order valence-corrected chi connectivity index (χ0v) is 8.55. The van der Waals surface area contributed by atoms with Crippen LogP contribution in [0.4, 0.5) is 0 Å². The van der Waals surface area contributed by atoms with Gasteiger partial charge in [0, 0.05) is 0 Å². The number of carbonyl (C=O) groups excluding carboxylic acids is 1. The van der Waals surface area contributed by atoms with Crippen LogP contribution in [0.25, 0.3) is 0 Å². The van der Waals surface area contributed by atoms with E-state index in [2.05, 4.69) is 10.4 Å². The topological polar surface area (TPSA) is 76.7 Å². The van der Waals surface area contributed by atoms with Gasteiger partial charge in [0.15, 0.2) is 0 Å². The number of carbonyl (C=O) groups is 1. The van der Waals surface area contributed by atoms with Gasteiger partial charge in [-0.1, -0.05) is 0 Å². The first kappa shape index (κ1) is 11.9. The van der Waals surface area contributed by atoms with Gasteiger partial charge < -0.3 is 10.2 Å². The van der Waals surface area contributed by atoms with Gasteiger partial charge in [-0.15, -0.1) is 0 Å². The summed E-state index contributed by atoms with van der Waals surface area (Å²) in [5.74, 6) is 5.20. The Morgan fingerprint density at radius 3 is 2.46 bits per heavy atom. The number of hydrogen-bond acceptors (Lipinski definition) is 4. The van der Waals surface area contributed by atoms with E-state index < -0.39 is 5.60 Å². The Morgan fingerprint density at radius 1 is 1.54 bits per heavy atom. The molecule has 0 aromatic rings. The summed E-state index contributed by atoms with van der Waals surface area (Å²) in [5, 5.41) is 0. The first-order valence-corrected chi connectivity index (χ1v) is 4.04. The minimum Gasteiger partial charge on any atom is -0.459 e. The molecule has 0 aromatic heterocycles. The lowest BCUT2D eigenvalue weighted by molar-refractivity contribution is -0.152. The molecule has 0 amide bonds. The molecule has 5 nitrogen and oxygen atoms in total. The van der Waals surface area contributed by atoms with Gasteiger partial charge in [-0.05, 0) is 27.7 Å². The summed E-state index contributed by atoms with van der Waals surface area (Å²) in [6.07, 6.45) is 0. The van der Waals surface area contributed by atoms with Crippen molar-refractivity contribution in [1.82, 2.24) is 5.43 Å². The molecule has 13 heavy (non-hydrogen) atoms. The van der Waals surface area contributed by atoms with Crippen molar-refractivity contribution in [2.45, 2.75) is 33.3 Å². The van der Waals surface area contributed by atoms with Crippen LogP contribution in [-0.2, 0) is 9.53 Å². The molecule has 0 bridgehead atoms. The normalized spacial score (nSPS) is 12.5. The fraction of sp³-hybridized carbons (Fsp3) is 0.750. The van der Waals surface area contributed by atoms with Crippen molar-refractivity contribution in [2.75, 3.05) is 6.54 Å². The minimum absolute atomic E-state index is 0.00664. The van der Waals surface area contributed by atoms with E-state index in [4.69, 9.17) is 10.6 Å². The summed E-state index contributed by atoms with van der Waals surface area (Å²) in [6, 6.07) is 0. The summed E-state index contributed by atoms with van der Waals surface area (Å²) < 4.78 is 5.02. The van der Waals surface area contributed by atoms with E-state index in [-0.39, 0.29) is 12.5 Å². The van der Waals surface area contributed by atoms with Gasteiger partial charge in [0.2, 0.25) is 0 Å². The molecule has 0 fully saturated rings. The van der Waals surface area contributed by atoms with E-state index in [1.807, 2.05) is 20.8 Å². The van der Waals surface area contributed by atoms with Gasteiger partial charge >= 0.3 is 5.97 Å². The third-order valence-electron chi connectivity index (χ3n) is 1.07. The quantitative estimate of drug-likeness (QED) is 0.213. The highest BCUT2D eigenvalue weighted by atomic mass is 16.6. The molecule has 0 saturated heterocycles. The summed E-state index contributed by atoms with van der Waals surface area (Å²) in [6.45, 7) is 7.09. The van der Waals surface area contributed by atoms with E-state index in [0.29, 0.717) is 5.84 Å². The van der Waals surface area contributed by atoms with Gasteiger partial charge in [0.05, 0.1) is 0 Å². The molecule has 0 aromatic carbocycles. The first-order valence-electron chi connectivity index (χ1n) is 4.04. The van der Waals surface area contributed by atoms with Gasteiger partial charge in [0.1, 0.15) is 18.0 Å². The number of nitrogens with zero attached hydrogens (tertiary/aromatic N) is 1. The number of ether oxygens (including phenoxy) is 1. The number of hydrogen-bond donors (Lipinski definition) is 2. The number of hydrazine groups is 1. The minimum atomic E-state index is -0.462. The second-order valence-corrected chi connectivity index (χ2v) is 3.63. The summed E-state index contributed by atoms with van der Waals surface area (Å²) in [5.41, 5.74) is 1.86. The molecular formula is C8H17N3O2. The third-order valence-corrected chi connectivity index (χ3v) is 1.07. The van der Waals surface area contributed by atoms with E-state index >= 15 is 0 Å². The van der Waals surface area contributed by atoms with Crippen LogP contribution in [0.5, 0.6) is 0 Å². The molecule has 0 aliphatic carbocycles. The highest BCUT2D eigenvalue weighted by Gasteiger charge is 2.15. The Morgan fingerprint density at radius 2 is 2.08 bits per heavy atom. The Kier molecular flexibility index (Phi) is 4.40. The van der Waals surface area contributed by atoms with E-state index in [1.54, 1.807) is 6.92 Å². The number of nitrogens with one attached hydrogen (secondary N) is 1. The molecule has 0 unspecified atom stereocenters. The Hall–Kier alpha value is -1.10. The molecule has 0 aliphatic rings. The third kappa shape index (κ3) is 7.27. The van der Waals surface area contributed by atoms with Crippen LogP contribution in [0.1, 0.15) is 27.7 Å². The maximum Gasteiger partial charge on any atom is 0.328 e. The predicted octanol–water partition coefficient (Wildman–Crippen LogP) is 0.210. The van der Waals surface area contributed by atoms with E-state index in [9.17, 15) is 4.79 Å². The number of esters is 1. The van der Waals surface area contributed by atoms with Crippen molar-refractivity contribution in [3.8, 4) is 0 Å². The number of amidine groups is 1. The molecule has 0 rings (SSSR count). The summed E-state index contributed by atoms with van der Waals surface area (Å²) in [4.78, 5) is 14.9. The van der Waals surface area contributed by atoms with E-state index in [1.165, 1.54) is 0 Å². The SMILES string of the molecule is CC(=NCC(=O)OC(C)(C)C)NN. The van der Waals surface area contributed by atoms with Crippen molar-refractivity contribution < 1.29 is 9.53 Å². The van der Waals surface area contributed by atoms with Crippen molar-refractivity contribution in [3.05, 3.63) is 0 Å². The first-order chi connectivity index (χ1) is 5.85. The highest BCUT2D eigenvalue weighted by Crippen LogP contribution is 2.06. The highest BCUT2D eigenvalue weighted by molar-refractivity contribution is 5.82. The standard InChI is InChI=1S/C8H17N3O2/c1-6(11-9)10-5-7(12)13-8(2,3)4/h5,9H2,1-4H3,(H,10,11). The monoisotopic (exact) mass is 187 g/mol. The van der Waals surface area contributed by atoms with Crippen LogP contribution in [0.15, 0.2) is 4.99 Å². The fourth-order valence-corrected chi connectivity index (χ4v) is 0.603. The summed E-state index contributed by atoms with van der Waals surface area (Å²) >= 11 is 0. The second-order valence-electron chi connectivity index (χ2n) is 3.63. The van der Waals surface area contributed by atoms with Gasteiger partial charge in [0.25, 0.3) is 0 Å². The van der Waals surface area contributed by atoms with Crippen LogP contribution in [-0.4, -0.2) is 24.0 Å². The maximum atomic E-state index is 11.1. The van der Waals surface area contributed by atoms with Gasteiger partial charge in [-0.3, -0.25) is 9.79 Å². The van der Waals surface area contributed by atoms with Crippen molar-refractivity contribution in [1.29, 1.82) is 0 Å². The molecule has 5 heteroatoms. The Labute approximate surface area is 78.3 Å².